The minimum atomic E-state index is -0.366. The Labute approximate surface area is 330 Å². The van der Waals surface area contributed by atoms with Crippen LogP contribution in [0.5, 0.6) is 0 Å². The van der Waals surface area contributed by atoms with E-state index < -0.39 is 0 Å². The van der Waals surface area contributed by atoms with Crippen molar-refractivity contribution < 1.29 is 0 Å². The molecule has 0 radical (unpaired) electrons. The Morgan fingerprint density at radius 1 is 0.304 bits per heavy atom. The van der Waals surface area contributed by atoms with Gasteiger partial charge in [0.05, 0.1) is 0 Å². The third-order valence-corrected chi connectivity index (χ3v) is 9.36. The molecule has 0 aliphatic rings. The normalized spacial score (nSPS) is 12.6. The van der Waals surface area contributed by atoms with E-state index >= 15 is 0 Å². The summed E-state index contributed by atoms with van der Waals surface area (Å²) in [5.74, 6) is 5.91. The summed E-state index contributed by atoms with van der Waals surface area (Å²) in [4.78, 5) is 45.3. The lowest BCUT2D eigenvalue weighted by atomic mass is 9.93. The largest absolute Gasteiger partial charge is 0.217 e. The Morgan fingerprint density at radius 2 is 0.696 bits per heavy atom. The van der Waals surface area contributed by atoms with E-state index in [2.05, 4.69) is 113 Å². The number of hydrogen-bond donors (Lipinski definition) is 0. The Hall–Kier alpha value is -5.83. The zero-order valence-electron chi connectivity index (χ0n) is 34.7. The van der Waals surface area contributed by atoms with E-state index in [1.807, 2.05) is 60.7 Å². The van der Waals surface area contributed by atoms with Crippen LogP contribution in [-0.4, -0.2) is 44.9 Å². The number of fused-ring (bicyclic) bond motifs is 1. The van der Waals surface area contributed by atoms with Crippen molar-refractivity contribution in [2.24, 2.45) is 0 Å². The molecule has 9 heteroatoms. The zero-order valence-corrected chi connectivity index (χ0v) is 34.7. The van der Waals surface area contributed by atoms with Gasteiger partial charge >= 0.3 is 0 Å². The number of rotatable bonds is 5. The van der Waals surface area contributed by atoms with Crippen LogP contribution in [-0.2, 0) is 21.7 Å². The lowest BCUT2D eigenvalue weighted by Gasteiger charge is -2.22. The maximum absolute atomic E-state index is 5.21. The first-order valence-corrected chi connectivity index (χ1v) is 19.2. The standard InChI is InChI=1S/C47H51N9/c1-44(2,3)40-50-35(28-19-14-13-15-20-28)48-38(54-40)32-25-29-21-16-17-24-33(29)34(27-32)39-49-36(51-41(55-39)45(4,5)6)30-22-18-23-31(26-30)37-52-42(46(7,8)9)56-43(53-37)47(10,11)12/h13-27H,1-12H3. The summed E-state index contributed by atoms with van der Waals surface area (Å²) >= 11 is 0. The quantitative estimate of drug-likeness (QED) is 0.170. The van der Waals surface area contributed by atoms with Crippen molar-refractivity contribution >= 4 is 10.8 Å². The van der Waals surface area contributed by atoms with Gasteiger partial charge in [-0.1, -0.05) is 156 Å². The summed E-state index contributed by atoms with van der Waals surface area (Å²) in [6.45, 7) is 25.5. The molecule has 0 aliphatic heterocycles. The van der Waals surface area contributed by atoms with Crippen LogP contribution in [0.4, 0.5) is 0 Å². The molecule has 0 amide bonds. The van der Waals surface area contributed by atoms with Crippen molar-refractivity contribution in [2.45, 2.75) is 105 Å². The highest BCUT2D eigenvalue weighted by Crippen LogP contribution is 2.36. The van der Waals surface area contributed by atoms with Crippen LogP contribution in [0.1, 0.15) is 106 Å². The van der Waals surface area contributed by atoms with Crippen molar-refractivity contribution in [2.75, 3.05) is 0 Å². The van der Waals surface area contributed by atoms with Crippen LogP contribution in [0, 0.1) is 0 Å². The third-order valence-electron chi connectivity index (χ3n) is 9.36. The highest BCUT2D eigenvalue weighted by atomic mass is 15.1. The van der Waals surface area contributed by atoms with Crippen LogP contribution in [0.25, 0.3) is 67.7 Å². The van der Waals surface area contributed by atoms with Crippen molar-refractivity contribution in [3.05, 3.63) is 114 Å². The first-order valence-electron chi connectivity index (χ1n) is 19.2. The smallest absolute Gasteiger partial charge is 0.164 e. The van der Waals surface area contributed by atoms with Gasteiger partial charge in [0.15, 0.2) is 29.1 Å². The molecule has 7 aromatic rings. The maximum atomic E-state index is 5.21. The van der Waals surface area contributed by atoms with Gasteiger partial charge in [0, 0.05) is 49.5 Å². The van der Waals surface area contributed by atoms with Crippen LogP contribution in [0.2, 0.25) is 0 Å². The molecule has 0 atom stereocenters. The number of hydrogen-bond acceptors (Lipinski definition) is 9. The van der Waals surface area contributed by atoms with Gasteiger partial charge in [-0.3, -0.25) is 0 Å². The molecule has 3 heterocycles. The lowest BCUT2D eigenvalue weighted by Crippen LogP contribution is -2.24. The van der Waals surface area contributed by atoms with Gasteiger partial charge in [-0.15, -0.1) is 0 Å². The molecule has 56 heavy (non-hydrogen) atoms. The lowest BCUT2D eigenvalue weighted by molar-refractivity contribution is 0.497. The van der Waals surface area contributed by atoms with Crippen molar-refractivity contribution in [3.63, 3.8) is 0 Å². The molecular formula is C47H51N9. The number of nitrogens with zero attached hydrogens (tertiary/aromatic N) is 9. The molecule has 0 aliphatic carbocycles. The SMILES string of the molecule is CC(C)(C)c1nc(-c2ccccc2)nc(-c2cc(-c3nc(-c4cccc(-c5nc(C(C)(C)C)nc(C(C)(C)C)n5)c4)nc(C(C)(C)C)n3)c3ccccc3c2)n1. The number of benzene rings is 4. The first-order chi connectivity index (χ1) is 26.2. The molecule has 4 aromatic carbocycles. The average molecular weight is 742 g/mol. The van der Waals surface area contributed by atoms with Gasteiger partial charge in [0.2, 0.25) is 0 Å². The average Bonchev–Trinajstić information content (AvgIpc) is 3.16. The monoisotopic (exact) mass is 741 g/mol. The van der Waals surface area contributed by atoms with Gasteiger partial charge in [-0.2, -0.15) is 0 Å². The minimum Gasteiger partial charge on any atom is -0.217 e. The van der Waals surface area contributed by atoms with E-state index in [1.54, 1.807) is 0 Å². The predicted molar refractivity (Wildman–Crippen MR) is 226 cm³/mol. The number of aromatic nitrogens is 9. The Bertz CT molecular complexity index is 2540. The summed E-state index contributed by atoms with van der Waals surface area (Å²) in [5.41, 5.74) is 3.18. The summed E-state index contributed by atoms with van der Waals surface area (Å²) in [6, 6.07) is 30.7. The second kappa shape index (κ2) is 14.0. The molecule has 0 bridgehead atoms. The summed E-state index contributed by atoms with van der Waals surface area (Å²) in [5, 5.41) is 2.05. The molecule has 0 fully saturated rings. The zero-order chi connectivity index (χ0) is 40.2. The van der Waals surface area contributed by atoms with E-state index in [-0.39, 0.29) is 21.7 Å². The van der Waals surface area contributed by atoms with Gasteiger partial charge < -0.3 is 0 Å². The second-order valence-electron chi connectivity index (χ2n) is 18.6. The highest BCUT2D eigenvalue weighted by Gasteiger charge is 2.27. The van der Waals surface area contributed by atoms with Crippen LogP contribution < -0.4 is 0 Å². The molecule has 9 nitrogen and oxygen atoms in total. The van der Waals surface area contributed by atoms with Crippen LogP contribution in [0.3, 0.4) is 0 Å². The van der Waals surface area contributed by atoms with Gasteiger partial charge in [-0.05, 0) is 29.0 Å². The molecule has 3 aromatic heterocycles. The van der Waals surface area contributed by atoms with E-state index in [0.717, 1.165) is 56.1 Å². The molecule has 0 unspecified atom stereocenters. The van der Waals surface area contributed by atoms with Gasteiger partial charge in [-0.25, -0.2) is 44.9 Å². The predicted octanol–water partition coefficient (Wildman–Crippen LogP) is 10.9. The van der Waals surface area contributed by atoms with Gasteiger partial charge in [0.25, 0.3) is 0 Å². The Morgan fingerprint density at radius 3 is 1.23 bits per heavy atom. The van der Waals surface area contributed by atoms with Gasteiger partial charge in [0.1, 0.15) is 23.3 Å². The highest BCUT2D eigenvalue weighted by molar-refractivity contribution is 5.98. The second-order valence-corrected chi connectivity index (χ2v) is 18.6. The fraction of sp³-hybridized carbons (Fsp3) is 0.340. The fourth-order valence-electron chi connectivity index (χ4n) is 6.12. The maximum Gasteiger partial charge on any atom is 0.164 e. The van der Waals surface area contributed by atoms with E-state index in [0.29, 0.717) is 34.9 Å². The summed E-state index contributed by atoms with van der Waals surface area (Å²) in [7, 11) is 0. The summed E-state index contributed by atoms with van der Waals surface area (Å²) in [6.07, 6.45) is 0. The van der Waals surface area contributed by atoms with Crippen LogP contribution in [0.15, 0.2) is 91.0 Å². The molecule has 0 saturated carbocycles. The Balaban J connectivity index is 1.42. The molecule has 0 N–H and O–H groups in total. The summed E-state index contributed by atoms with van der Waals surface area (Å²) < 4.78 is 0. The molecule has 7 rings (SSSR count). The molecule has 0 spiro atoms. The van der Waals surface area contributed by atoms with Crippen molar-refractivity contribution in [1.29, 1.82) is 0 Å². The molecule has 284 valence electrons. The van der Waals surface area contributed by atoms with E-state index in [1.165, 1.54) is 0 Å². The van der Waals surface area contributed by atoms with Crippen LogP contribution >= 0.6 is 0 Å². The fourth-order valence-corrected chi connectivity index (χ4v) is 6.12. The van der Waals surface area contributed by atoms with Crippen molar-refractivity contribution in [3.8, 4) is 56.9 Å². The van der Waals surface area contributed by atoms with Crippen molar-refractivity contribution in [1.82, 2.24) is 44.9 Å². The molecular weight excluding hydrogens is 691 g/mol. The third kappa shape index (κ3) is 8.08. The Kier molecular flexibility index (Phi) is 9.63. The van der Waals surface area contributed by atoms with E-state index in [4.69, 9.17) is 44.9 Å². The first kappa shape index (κ1) is 38.4. The minimum absolute atomic E-state index is 0.254. The van der Waals surface area contributed by atoms with E-state index in [9.17, 15) is 0 Å². The molecule has 0 saturated heterocycles. The topological polar surface area (TPSA) is 116 Å².